The van der Waals surface area contributed by atoms with Gasteiger partial charge in [-0.15, -0.1) is 0 Å². The Labute approximate surface area is 220 Å². The molecule has 0 aromatic heterocycles. The van der Waals surface area contributed by atoms with Crippen LogP contribution in [0.5, 0.6) is 17.2 Å². The highest BCUT2D eigenvalue weighted by Crippen LogP contribution is 2.48. The van der Waals surface area contributed by atoms with Crippen molar-refractivity contribution in [2.45, 2.75) is 64.3 Å². The minimum absolute atomic E-state index is 0.155. The zero-order valence-corrected chi connectivity index (χ0v) is 22.2. The topological polar surface area (TPSA) is 74.3 Å². The summed E-state index contributed by atoms with van der Waals surface area (Å²) in [6.07, 6.45) is 6.10. The predicted octanol–water partition coefficient (Wildman–Crippen LogP) is 5.67. The van der Waals surface area contributed by atoms with Crippen LogP contribution in [-0.2, 0) is 14.3 Å². The molecule has 1 fully saturated rings. The van der Waals surface area contributed by atoms with Crippen molar-refractivity contribution in [2.24, 2.45) is 5.92 Å². The molecule has 7 nitrogen and oxygen atoms in total. The third kappa shape index (κ3) is 6.45. The van der Waals surface area contributed by atoms with Gasteiger partial charge < -0.3 is 18.9 Å². The van der Waals surface area contributed by atoms with Crippen LogP contribution in [0.2, 0.25) is 0 Å². The molecule has 0 bridgehead atoms. The highest BCUT2D eigenvalue weighted by atomic mass is 16.7. The lowest BCUT2D eigenvalue weighted by molar-refractivity contribution is -0.149. The Morgan fingerprint density at radius 2 is 1.68 bits per heavy atom. The zero-order chi connectivity index (χ0) is 26.2. The fourth-order valence-electron chi connectivity index (χ4n) is 5.53. The highest BCUT2D eigenvalue weighted by molar-refractivity contribution is 5.81. The van der Waals surface area contributed by atoms with Gasteiger partial charge in [-0.05, 0) is 48.7 Å². The van der Waals surface area contributed by atoms with E-state index in [1.807, 2.05) is 49.4 Å². The molecule has 0 saturated carbocycles. The summed E-state index contributed by atoms with van der Waals surface area (Å²) < 4.78 is 22.1. The average Bonchev–Trinajstić information content (AvgIpc) is 3.53. The standard InChI is InChI=1S/C30H39NO6/c1-4-6-7-8-9-10-23(32)18-31-19-25(22-13-16-26-27(17-22)37-20-36-26)28(30(33)35-5-2)29(31)21-11-14-24(34-3)15-12-21/h11-17,25,28-29H,4-10,18-20H2,1-3H3. The molecule has 2 aromatic rings. The van der Waals surface area contributed by atoms with Crippen LogP contribution in [0.25, 0.3) is 0 Å². The largest absolute Gasteiger partial charge is 0.497 e. The number of benzene rings is 2. The van der Waals surface area contributed by atoms with Gasteiger partial charge in [-0.3, -0.25) is 14.5 Å². The first-order valence-electron chi connectivity index (χ1n) is 13.5. The molecule has 2 aliphatic heterocycles. The number of esters is 1. The number of unbranched alkanes of at least 4 members (excludes halogenated alkanes) is 4. The lowest BCUT2D eigenvalue weighted by Crippen LogP contribution is -2.33. The van der Waals surface area contributed by atoms with E-state index in [1.165, 1.54) is 19.3 Å². The number of ether oxygens (including phenoxy) is 4. The summed E-state index contributed by atoms with van der Waals surface area (Å²) in [4.78, 5) is 28.7. The van der Waals surface area contributed by atoms with E-state index in [2.05, 4.69) is 11.8 Å². The van der Waals surface area contributed by atoms with E-state index in [1.54, 1.807) is 7.11 Å². The van der Waals surface area contributed by atoms with Crippen molar-refractivity contribution in [3.63, 3.8) is 0 Å². The SMILES string of the molecule is CCCCCCCC(=O)CN1CC(c2ccc3c(c2)OCO3)C(C(=O)OCC)C1c1ccc(OC)cc1. The Morgan fingerprint density at radius 1 is 0.946 bits per heavy atom. The first kappa shape index (κ1) is 27.0. The van der Waals surface area contributed by atoms with Crippen LogP contribution in [0.15, 0.2) is 42.5 Å². The fourth-order valence-corrected chi connectivity index (χ4v) is 5.53. The maximum Gasteiger partial charge on any atom is 0.311 e. The van der Waals surface area contributed by atoms with Crippen LogP contribution in [0.3, 0.4) is 0 Å². The number of carbonyl (C=O) groups is 2. The van der Waals surface area contributed by atoms with Gasteiger partial charge in [0.15, 0.2) is 11.5 Å². The van der Waals surface area contributed by atoms with Gasteiger partial charge in [0.2, 0.25) is 6.79 Å². The second-order valence-electron chi connectivity index (χ2n) is 9.85. The van der Waals surface area contributed by atoms with Crippen LogP contribution in [0.4, 0.5) is 0 Å². The number of Topliss-reactive ketones (excluding diaryl/α,β-unsaturated/α-hetero) is 1. The number of likely N-dealkylation sites (tertiary alicyclic amines) is 1. The summed E-state index contributed by atoms with van der Waals surface area (Å²) in [6.45, 7) is 5.38. The lowest BCUT2D eigenvalue weighted by Gasteiger charge is -2.28. The van der Waals surface area contributed by atoms with Gasteiger partial charge in [0, 0.05) is 24.9 Å². The van der Waals surface area contributed by atoms with Crippen LogP contribution >= 0.6 is 0 Å². The molecule has 3 atom stereocenters. The van der Waals surface area contributed by atoms with Crippen LogP contribution in [-0.4, -0.2) is 50.3 Å². The van der Waals surface area contributed by atoms with Gasteiger partial charge in [0.1, 0.15) is 11.5 Å². The number of rotatable bonds is 13. The first-order valence-corrected chi connectivity index (χ1v) is 13.5. The Kier molecular flexibility index (Phi) is 9.45. The molecule has 3 unspecified atom stereocenters. The maximum atomic E-state index is 13.5. The molecule has 0 amide bonds. The molecule has 2 aliphatic rings. The number of hydrogen-bond donors (Lipinski definition) is 0. The Morgan fingerprint density at radius 3 is 2.41 bits per heavy atom. The smallest absolute Gasteiger partial charge is 0.311 e. The first-order chi connectivity index (χ1) is 18.0. The third-order valence-electron chi connectivity index (χ3n) is 7.38. The predicted molar refractivity (Wildman–Crippen MR) is 141 cm³/mol. The van der Waals surface area contributed by atoms with Crippen molar-refractivity contribution in [2.75, 3.05) is 33.6 Å². The molecule has 0 spiro atoms. The maximum absolute atomic E-state index is 13.5. The normalized spacial score (nSPS) is 20.7. The van der Waals surface area contributed by atoms with Gasteiger partial charge in [-0.1, -0.05) is 50.8 Å². The van der Waals surface area contributed by atoms with E-state index < -0.39 is 5.92 Å². The molecule has 2 aromatic carbocycles. The quantitative estimate of drug-likeness (QED) is 0.254. The molecule has 0 aliphatic carbocycles. The number of nitrogens with zero attached hydrogens (tertiary/aromatic N) is 1. The molecule has 0 radical (unpaired) electrons. The molecule has 37 heavy (non-hydrogen) atoms. The number of carbonyl (C=O) groups excluding carboxylic acids is 2. The summed E-state index contributed by atoms with van der Waals surface area (Å²) in [7, 11) is 1.63. The van der Waals surface area contributed by atoms with Crippen molar-refractivity contribution in [1.82, 2.24) is 4.90 Å². The summed E-state index contributed by atoms with van der Waals surface area (Å²) in [6, 6.07) is 13.3. The zero-order valence-electron chi connectivity index (χ0n) is 22.2. The van der Waals surface area contributed by atoms with Gasteiger partial charge in [-0.25, -0.2) is 0 Å². The Balaban J connectivity index is 1.63. The molecule has 2 heterocycles. The second kappa shape index (κ2) is 13.0. The number of ketones is 1. The van der Waals surface area contributed by atoms with Crippen LogP contribution in [0.1, 0.15) is 75.5 Å². The average molecular weight is 510 g/mol. The molecule has 7 heteroatoms. The minimum Gasteiger partial charge on any atom is -0.497 e. The fraction of sp³-hybridized carbons (Fsp3) is 0.533. The van der Waals surface area contributed by atoms with E-state index in [4.69, 9.17) is 18.9 Å². The lowest BCUT2D eigenvalue weighted by atomic mass is 9.82. The van der Waals surface area contributed by atoms with Crippen LogP contribution in [0, 0.1) is 5.92 Å². The Hall–Kier alpha value is -3.06. The van der Waals surface area contributed by atoms with E-state index >= 15 is 0 Å². The molecule has 4 rings (SSSR count). The molecule has 0 N–H and O–H groups in total. The minimum atomic E-state index is -0.467. The third-order valence-corrected chi connectivity index (χ3v) is 7.38. The van der Waals surface area contributed by atoms with E-state index in [0.29, 0.717) is 37.6 Å². The van der Waals surface area contributed by atoms with E-state index in [9.17, 15) is 9.59 Å². The highest BCUT2D eigenvalue weighted by Gasteiger charge is 2.48. The monoisotopic (exact) mass is 509 g/mol. The number of fused-ring (bicyclic) bond motifs is 1. The van der Waals surface area contributed by atoms with Crippen molar-refractivity contribution in [1.29, 1.82) is 0 Å². The van der Waals surface area contributed by atoms with Crippen molar-refractivity contribution < 1.29 is 28.5 Å². The van der Waals surface area contributed by atoms with Gasteiger partial charge >= 0.3 is 5.97 Å². The van der Waals surface area contributed by atoms with Crippen molar-refractivity contribution in [3.8, 4) is 17.2 Å². The number of hydrogen-bond acceptors (Lipinski definition) is 7. The Bertz CT molecular complexity index is 1050. The molecule has 1 saturated heterocycles. The second-order valence-corrected chi connectivity index (χ2v) is 9.85. The van der Waals surface area contributed by atoms with Gasteiger partial charge in [-0.2, -0.15) is 0 Å². The number of methoxy groups -OCH3 is 1. The van der Waals surface area contributed by atoms with Gasteiger partial charge in [0.05, 0.1) is 26.2 Å². The summed E-state index contributed by atoms with van der Waals surface area (Å²) in [5.41, 5.74) is 1.95. The molecular formula is C30H39NO6. The summed E-state index contributed by atoms with van der Waals surface area (Å²) in [5.74, 6) is 1.48. The van der Waals surface area contributed by atoms with Crippen molar-refractivity contribution >= 4 is 11.8 Å². The van der Waals surface area contributed by atoms with Crippen molar-refractivity contribution in [3.05, 3.63) is 53.6 Å². The van der Waals surface area contributed by atoms with E-state index in [0.717, 1.165) is 29.7 Å². The van der Waals surface area contributed by atoms with E-state index in [-0.39, 0.29) is 30.5 Å². The molecule has 200 valence electrons. The molecular weight excluding hydrogens is 470 g/mol. The van der Waals surface area contributed by atoms with Crippen LogP contribution < -0.4 is 14.2 Å². The summed E-state index contributed by atoms with van der Waals surface area (Å²) >= 11 is 0. The van der Waals surface area contributed by atoms with Gasteiger partial charge in [0.25, 0.3) is 0 Å². The summed E-state index contributed by atoms with van der Waals surface area (Å²) in [5, 5.41) is 0.